The SMILES string of the molecule is CC(C)C1(C)C(C)(C)C1(F)F. The van der Waals surface area contributed by atoms with Crippen molar-refractivity contribution in [2.45, 2.75) is 40.5 Å². The van der Waals surface area contributed by atoms with Crippen molar-refractivity contribution < 1.29 is 8.78 Å². The molecule has 0 radical (unpaired) electrons. The van der Waals surface area contributed by atoms with Crippen LogP contribution in [0.5, 0.6) is 0 Å². The first kappa shape index (κ1) is 8.95. The fourth-order valence-corrected chi connectivity index (χ4v) is 2.09. The van der Waals surface area contributed by atoms with Gasteiger partial charge in [-0.05, 0) is 5.92 Å². The highest BCUT2D eigenvalue weighted by Crippen LogP contribution is 2.77. The zero-order chi connectivity index (χ0) is 9.08. The van der Waals surface area contributed by atoms with E-state index in [9.17, 15) is 8.78 Å². The van der Waals surface area contributed by atoms with Crippen molar-refractivity contribution >= 4 is 0 Å². The molecule has 0 heterocycles. The summed E-state index contributed by atoms with van der Waals surface area (Å²) in [5.74, 6) is -2.43. The minimum absolute atomic E-state index is 0.0486. The first-order chi connectivity index (χ1) is 4.69. The summed E-state index contributed by atoms with van der Waals surface area (Å²) in [4.78, 5) is 0. The van der Waals surface area contributed by atoms with Gasteiger partial charge in [-0.3, -0.25) is 0 Å². The Morgan fingerprint density at radius 2 is 1.27 bits per heavy atom. The quantitative estimate of drug-likeness (QED) is 0.554. The van der Waals surface area contributed by atoms with Gasteiger partial charge in [0.25, 0.3) is 5.92 Å². The lowest BCUT2D eigenvalue weighted by Crippen LogP contribution is -2.14. The number of hydrogen-bond donors (Lipinski definition) is 0. The van der Waals surface area contributed by atoms with Gasteiger partial charge in [0.15, 0.2) is 0 Å². The van der Waals surface area contributed by atoms with Gasteiger partial charge in [-0.2, -0.15) is 0 Å². The summed E-state index contributed by atoms with van der Waals surface area (Å²) < 4.78 is 26.4. The van der Waals surface area contributed by atoms with Gasteiger partial charge in [0.2, 0.25) is 0 Å². The van der Waals surface area contributed by atoms with Gasteiger partial charge in [-0.25, -0.2) is 8.78 Å². The maximum Gasteiger partial charge on any atom is 0.260 e. The van der Waals surface area contributed by atoms with E-state index in [4.69, 9.17) is 0 Å². The monoisotopic (exact) mass is 162 g/mol. The second-order valence-corrected chi connectivity index (χ2v) is 4.56. The Morgan fingerprint density at radius 3 is 1.27 bits per heavy atom. The van der Waals surface area contributed by atoms with Crippen LogP contribution in [0.3, 0.4) is 0 Å². The van der Waals surface area contributed by atoms with E-state index in [1.54, 1.807) is 20.8 Å². The summed E-state index contributed by atoms with van der Waals surface area (Å²) in [7, 11) is 0. The standard InChI is InChI=1S/C9H16F2/c1-6(2)8(5)7(3,4)9(8,10)11/h6H,1-5H3. The Kier molecular flexibility index (Phi) is 1.45. The van der Waals surface area contributed by atoms with Crippen LogP contribution in [0.1, 0.15) is 34.6 Å². The molecule has 0 bridgehead atoms. The predicted molar refractivity (Wildman–Crippen MR) is 41.7 cm³/mol. The zero-order valence-electron chi connectivity index (χ0n) is 7.83. The molecule has 1 atom stereocenters. The summed E-state index contributed by atoms with van der Waals surface area (Å²) in [6, 6.07) is 0. The molecular weight excluding hydrogens is 146 g/mol. The van der Waals surface area contributed by atoms with E-state index in [2.05, 4.69) is 0 Å². The topological polar surface area (TPSA) is 0 Å². The van der Waals surface area contributed by atoms with Crippen molar-refractivity contribution in [3.63, 3.8) is 0 Å². The molecule has 0 aliphatic heterocycles. The zero-order valence-corrected chi connectivity index (χ0v) is 7.83. The van der Waals surface area contributed by atoms with Gasteiger partial charge in [-0.1, -0.05) is 34.6 Å². The summed E-state index contributed by atoms with van der Waals surface area (Å²) >= 11 is 0. The first-order valence-electron chi connectivity index (χ1n) is 4.07. The van der Waals surface area contributed by atoms with E-state index in [0.717, 1.165) is 0 Å². The van der Waals surface area contributed by atoms with Crippen molar-refractivity contribution in [2.24, 2.45) is 16.7 Å². The van der Waals surface area contributed by atoms with E-state index in [1.807, 2.05) is 13.8 Å². The molecule has 1 saturated carbocycles. The van der Waals surface area contributed by atoms with Crippen LogP contribution in [0.25, 0.3) is 0 Å². The largest absolute Gasteiger partial charge is 0.260 e. The van der Waals surface area contributed by atoms with Gasteiger partial charge in [0.1, 0.15) is 0 Å². The Labute approximate surface area is 67.0 Å². The van der Waals surface area contributed by atoms with Crippen LogP contribution >= 0.6 is 0 Å². The van der Waals surface area contributed by atoms with Gasteiger partial charge in [-0.15, -0.1) is 0 Å². The molecule has 0 amide bonds. The molecule has 0 N–H and O–H groups in total. The highest BCUT2D eigenvalue weighted by Gasteiger charge is 2.84. The molecule has 0 spiro atoms. The molecule has 0 aromatic rings. The number of alkyl halides is 2. The molecule has 11 heavy (non-hydrogen) atoms. The molecular formula is C9H16F2. The fourth-order valence-electron chi connectivity index (χ4n) is 2.09. The molecule has 0 saturated heterocycles. The highest BCUT2D eigenvalue weighted by molar-refractivity contribution is 5.23. The summed E-state index contributed by atoms with van der Waals surface area (Å²) in [5, 5.41) is 0. The van der Waals surface area contributed by atoms with Gasteiger partial charge < -0.3 is 0 Å². The lowest BCUT2D eigenvalue weighted by Gasteiger charge is -2.16. The molecule has 0 nitrogen and oxygen atoms in total. The fraction of sp³-hybridized carbons (Fsp3) is 1.00. The predicted octanol–water partition coefficient (Wildman–Crippen LogP) is 3.32. The average Bonchev–Trinajstić information content (AvgIpc) is 2.11. The molecule has 1 aliphatic rings. The van der Waals surface area contributed by atoms with E-state index >= 15 is 0 Å². The second-order valence-electron chi connectivity index (χ2n) is 4.56. The van der Waals surface area contributed by atoms with Crippen molar-refractivity contribution in [1.29, 1.82) is 0 Å². The van der Waals surface area contributed by atoms with Gasteiger partial charge in [0.05, 0.1) is 0 Å². The van der Waals surface area contributed by atoms with Crippen molar-refractivity contribution in [1.82, 2.24) is 0 Å². The van der Waals surface area contributed by atoms with Crippen molar-refractivity contribution in [3.8, 4) is 0 Å². The highest BCUT2D eigenvalue weighted by atomic mass is 19.3. The van der Waals surface area contributed by atoms with E-state index < -0.39 is 16.8 Å². The molecule has 0 aromatic carbocycles. The minimum atomic E-state index is -2.48. The Morgan fingerprint density at radius 1 is 1.00 bits per heavy atom. The number of rotatable bonds is 1. The third-order valence-corrected chi connectivity index (χ3v) is 3.83. The smallest absolute Gasteiger partial charge is 0.206 e. The third kappa shape index (κ3) is 0.640. The van der Waals surface area contributed by atoms with Crippen molar-refractivity contribution in [2.75, 3.05) is 0 Å². The molecule has 66 valence electrons. The van der Waals surface area contributed by atoms with Crippen LogP contribution in [-0.4, -0.2) is 5.92 Å². The molecule has 0 aromatic heterocycles. The van der Waals surface area contributed by atoms with Crippen LogP contribution in [0.2, 0.25) is 0 Å². The van der Waals surface area contributed by atoms with Gasteiger partial charge in [0, 0.05) is 10.8 Å². The second kappa shape index (κ2) is 1.78. The average molecular weight is 162 g/mol. The lowest BCUT2D eigenvalue weighted by molar-refractivity contribution is 0.0408. The van der Waals surface area contributed by atoms with E-state index in [0.29, 0.717) is 0 Å². The number of hydrogen-bond acceptors (Lipinski definition) is 0. The maximum absolute atomic E-state index is 13.2. The molecule has 1 fully saturated rings. The molecule has 1 rings (SSSR count). The summed E-state index contributed by atoms with van der Waals surface area (Å²) in [6.07, 6.45) is 0. The van der Waals surface area contributed by atoms with Gasteiger partial charge >= 0.3 is 0 Å². The van der Waals surface area contributed by atoms with E-state index in [-0.39, 0.29) is 5.92 Å². The molecule has 2 heteroatoms. The van der Waals surface area contributed by atoms with Crippen LogP contribution < -0.4 is 0 Å². The van der Waals surface area contributed by atoms with Crippen molar-refractivity contribution in [3.05, 3.63) is 0 Å². The lowest BCUT2D eigenvalue weighted by atomic mass is 9.87. The molecule has 1 aliphatic carbocycles. The summed E-state index contributed by atoms with van der Waals surface area (Å²) in [5.41, 5.74) is -1.60. The Balaban J connectivity index is 2.96. The van der Waals surface area contributed by atoms with Crippen LogP contribution in [-0.2, 0) is 0 Å². The Hall–Kier alpha value is -0.140. The Bertz CT molecular complexity index is 166. The molecule has 1 unspecified atom stereocenters. The van der Waals surface area contributed by atoms with Crippen LogP contribution in [0.15, 0.2) is 0 Å². The van der Waals surface area contributed by atoms with Crippen LogP contribution in [0.4, 0.5) is 8.78 Å². The number of halogens is 2. The normalized spacial score (nSPS) is 39.3. The first-order valence-corrected chi connectivity index (χ1v) is 4.07. The minimum Gasteiger partial charge on any atom is -0.206 e. The third-order valence-electron chi connectivity index (χ3n) is 3.83. The summed E-state index contributed by atoms with van der Waals surface area (Å²) in [6.45, 7) is 8.70. The van der Waals surface area contributed by atoms with Crippen LogP contribution in [0, 0.1) is 16.7 Å². The maximum atomic E-state index is 13.2. The van der Waals surface area contributed by atoms with E-state index in [1.165, 1.54) is 0 Å².